The van der Waals surface area contributed by atoms with Gasteiger partial charge in [-0.25, -0.2) is 0 Å². The van der Waals surface area contributed by atoms with E-state index in [1.807, 2.05) is 0 Å². The number of carbonyl (C=O) groups excluding carboxylic acids is 2. The van der Waals surface area contributed by atoms with Gasteiger partial charge in [-0.3, -0.25) is 31.4 Å². The number of piperidine rings is 1. The number of ether oxygens (including phenoxy) is 3. The SMILES string of the molecule is C[NH+]=C(N)N[C@@H](CCO)C1C(CCC2CCC(N)[NH2+]C2)CC2C(=O)C3CC(OC)CC(O[C@H]4O[C@H](CO)[C@@H](O)[C@H](O)[C@H]4O)C3C(=O)C2C1O. The molecule has 0 radical (unpaired) electrons. The van der Waals surface area contributed by atoms with Crippen molar-refractivity contribution in [3.05, 3.63) is 0 Å². The molecular weight excluding hydrogens is 642 g/mol. The first-order chi connectivity index (χ1) is 23.4. The number of hydrogen-bond donors (Lipinski definition) is 11. The van der Waals surface area contributed by atoms with Gasteiger partial charge in [0, 0.05) is 56.7 Å². The van der Waals surface area contributed by atoms with E-state index in [-0.39, 0.29) is 55.5 Å². The molecule has 11 unspecified atom stereocenters. The summed E-state index contributed by atoms with van der Waals surface area (Å²) >= 11 is 0. The second-order valence-electron chi connectivity index (χ2n) is 14.9. The van der Waals surface area contributed by atoms with Crippen LogP contribution in [0.5, 0.6) is 0 Å². The maximum Gasteiger partial charge on any atom is 0.341 e. The first-order valence-electron chi connectivity index (χ1n) is 17.9. The number of Topliss-reactive ketones (excluding diaryl/α,β-unsaturated/α-hetero) is 2. The van der Waals surface area contributed by atoms with Crippen molar-refractivity contribution in [1.82, 2.24) is 5.32 Å². The van der Waals surface area contributed by atoms with Crippen LogP contribution in [-0.2, 0) is 23.8 Å². The number of nitrogens with two attached hydrogens (primary N) is 3. The molecule has 0 bridgehead atoms. The van der Waals surface area contributed by atoms with Crippen molar-refractivity contribution in [3.63, 3.8) is 0 Å². The zero-order valence-corrected chi connectivity index (χ0v) is 28.5. The molecule has 2 aliphatic heterocycles. The quantitative estimate of drug-likeness (QED) is 0.0707. The molecule has 14 N–H and O–H groups in total. The van der Waals surface area contributed by atoms with Crippen LogP contribution in [-0.4, -0.2) is 143 Å². The summed E-state index contributed by atoms with van der Waals surface area (Å²) in [5.74, 6) is -3.91. The van der Waals surface area contributed by atoms with Crippen LogP contribution < -0.4 is 27.1 Å². The number of nitrogens with one attached hydrogen (secondary N) is 2. The number of hydrogen-bond acceptors (Lipinski definition) is 12. The highest BCUT2D eigenvalue weighted by molar-refractivity contribution is 6.00. The van der Waals surface area contributed by atoms with Crippen LogP contribution >= 0.6 is 0 Å². The van der Waals surface area contributed by atoms with Crippen LogP contribution in [0.1, 0.15) is 51.4 Å². The zero-order chi connectivity index (χ0) is 35.6. The van der Waals surface area contributed by atoms with Gasteiger partial charge in [-0.2, -0.15) is 0 Å². The fourth-order valence-electron chi connectivity index (χ4n) is 9.49. The highest BCUT2D eigenvalue weighted by atomic mass is 16.7. The summed E-state index contributed by atoms with van der Waals surface area (Å²) in [7, 11) is 3.17. The van der Waals surface area contributed by atoms with Gasteiger partial charge in [0.05, 0.1) is 56.4 Å². The minimum absolute atomic E-state index is 0.0956. The van der Waals surface area contributed by atoms with Crippen LogP contribution in [0.4, 0.5) is 0 Å². The van der Waals surface area contributed by atoms with E-state index in [1.165, 1.54) is 7.11 Å². The van der Waals surface area contributed by atoms with E-state index in [2.05, 4.69) is 15.6 Å². The van der Waals surface area contributed by atoms with Crippen molar-refractivity contribution < 1.29 is 64.7 Å². The molecule has 0 aromatic rings. The maximum absolute atomic E-state index is 14.7. The third kappa shape index (κ3) is 7.99. The molecule has 16 heteroatoms. The lowest BCUT2D eigenvalue weighted by Crippen LogP contribution is -2.95. The number of fused-ring (bicyclic) bond motifs is 2. The fourth-order valence-corrected chi connectivity index (χ4v) is 9.49. The Labute approximate surface area is 286 Å². The number of aliphatic hydroxyl groups is 6. The Kier molecular flexibility index (Phi) is 13.1. The van der Waals surface area contributed by atoms with Gasteiger partial charge in [0.15, 0.2) is 6.29 Å². The van der Waals surface area contributed by atoms with Gasteiger partial charge < -0.3 is 50.2 Å². The molecular formula is C33H59N5O11+2. The monoisotopic (exact) mass is 701 g/mol. The third-order valence-electron chi connectivity index (χ3n) is 12.2. The zero-order valence-electron chi connectivity index (χ0n) is 28.5. The van der Waals surface area contributed by atoms with E-state index in [0.29, 0.717) is 12.3 Å². The molecule has 5 aliphatic rings. The average Bonchev–Trinajstić information content (AvgIpc) is 3.09. The number of guanidine groups is 1. The average molecular weight is 702 g/mol. The minimum atomic E-state index is -1.69. The molecule has 0 aromatic heterocycles. The summed E-state index contributed by atoms with van der Waals surface area (Å²) in [6.45, 7) is 0.0732. The molecule has 49 heavy (non-hydrogen) atoms. The summed E-state index contributed by atoms with van der Waals surface area (Å²) in [5.41, 5.74) is 12.2. The number of carbonyl (C=O) groups is 2. The van der Waals surface area contributed by atoms with Crippen molar-refractivity contribution >= 4 is 17.5 Å². The molecule has 0 spiro atoms. The number of methoxy groups -OCH3 is 1. The molecule has 3 saturated carbocycles. The molecule has 5 fully saturated rings. The van der Waals surface area contributed by atoms with Gasteiger partial charge >= 0.3 is 5.96 Å². The highest BCUT2D eigenvalue weighted by Crippen LogP contribution is 2.52. The van der Waals surface area contributed by atoms with Crippen LogP contribution in [0.25, 0.3) is 0 Å². The summed E-state index contributed by atoms with van der Waals surface area (Å²) in [4.78, 5) is 32.0. The molecule has 3 aliphatic carbocycles. The summed E-state index contributed by atoms with van der Waals surface area (Å²) in [6, 6.07) is -0.490. The number of rotatable bonds is 11. The third-order valence-corrected chi connectivity index (χ3v) is 12.2. The van der Waals surface area contributed by atoms with Gasteiger partial charge in [-0.1, -0.05) is 0 Å². The summed E-state index contributed by atoms with van der Waals surface area (Å²) < 4.78 is 17.5. The normalized spacial score (nSPS) is 45.4. The smallest absolute Gasteiger partial charge is 0.341 e. The largest absolute Gasteiger partial charge is 0.396 e. The standard InChI is InChI=1S/C33H57N5O11/c1-36-33(35)38-19(7-8-39)23-15(5-3-14-4-6-22(34)37-12-14)9-17-25(28(23)43)29(44)24-18(26(17)41)10-16(47-2)11-20(24)48-32-31(46)30(45)27(42)21(13-40)49-32/h14-25,27-28,30-32,37,39-40,42-43,45-46H,3-13,34H2,1-2H3,(H3,35,36,38)/p+2/t14?,15?,16?,17?,18?,19-,20?,21+,22?,23?,24?,25?,27+,28?,30-,31+,32-/m0/s1. The lowest BCUT2D eigenvalue weighted by Gasteiger charge is -2.53. The molecule has 280 valence electrons. The van der Waals surface area contributed by atoms with Gasteiger partial charge in [0.1, 0.15) is 42.1 Å². The van der Waals surface area contributed by atoms with E-state index in [0.717, 1.165) is 32.2 Å². The predicted octanol–water partition coefficient (Wildman–Crippen LogP) is -6.00. The molecule has 16 nitrogen and oxygen atoms in total. The second kappa shape index (κ2) is 16.7. The Balaban J connectivity index is 1.44. The van der Waals surface area contributed by atoms with Gasteiger partial charge in [0.2, 0.25) is 0 Å². The van der Waals surface area contributed by atoms with Crippen LogP contribution in [0.15, 0.2) is 0 Å². The Morgan fingerprint density at radius 1 is 1.00 bits per heavy atom. The molecule has 0 amide bonds. The second-order valence-corrected chi connectivity index (χ2v) is 14.9. The molecule has 2 saturated heterocycles. The van der Waals surface area contributed by atoms with Gasteiger partial charge in [0.25, 0.3) is 0 Å². The van der Waals surface area contributed by atoms with Crippen LogP contribution in [0.3, 0.4) is 0 Å². The molecule has 2 heterocycles. The van der Waals surface area contributed by atoms with E-state index in [9.17, 15) is 40.2 Å². The van der Waals surface area contributed by atoms with Crippen molar-refractivity contribution in [2.45, 2.75) is 113 Å². The topological polar surface area (TPSA) is 278 Å². The van der Waals surface area contributed by atoms with E-state index >= 15 is 0 Å². The van der Waals surface area contributed by atoms with E-state index in [4.69, 9.17) is 25.7 Å². The van der Waals surface area contributed by atoms with Crippen molar-refractivity contribution in [3.8, 4) is 0 Å². The summed E-state index contributed by atoms with van der Waals surface area (Å²) in [5, 5.41) is 68.7. The number of ketones is 2. The Bertz CT molecular complexity index is 1160. The number of aliphatic hydroxyl groups excluding tert-OH is 6. The molecule has 5 rings (SSSR count). The molecule has 17 atom stereocenters. The fraction of sp³-hybridized carbons (Fsp3) is 0.909. The van der Waals surface area contributed by atoms with Crippen molar-refractivity contribution in [2.75, 3.05) is 33.9 Å². The van der Waals surface area contributed by atoms with Crippen molar-refractivity contribution in [1.29, 1.82) is 0 Å². The Morgan fingerprint density at radius 3 is 2.37 bits per heavy atom. The summed E-state index contributed by atoms with van der Waals surface area (Å²) in [6.07, 6.45) is -5.62. The van der Waals surface area contributed by atoms with E-state index < -0.39 is 91.3 Å². The first-order valence-corrected chi connectivity index (χ1v) is 17.9. The molecule has 0 aromatic carbocycles. The minimum Gasteiger partial charge on any atom is -0.396 e. The van der Waals surface area contributed by atoms with Gasteiger partial charge in [-0.15, -0.1) is 0 Å². The first kappa shape index (κ1) is 38.4. The predicted molar refractivity (Wildman–Crippen MR) is 172 cm³/mol. The Morgan fingerprint density at radius 2 is 1.73 bits per heavy atom. The van der Waals surface area contributed by atoms with Crippen LogP contribution in [0.2, 0.25) is 0 Å². The highest BCUT2D eigenvalue weighted by Gasteiger charge is 2.62. The van der Waals surface area contributed by atoms with Crippen LogP contribution in [0, 0.1) is 41.4 Å². The lowest BCUT2D eigenvalue weighted by atomic mass is 9.52. The van der Waals surface area contributed by atoms with E-state index in [1.54, 1.807) is 7.05 Å². The Hall–Kier alpha value is -1.83. The maximum atomic E-state index is 14.7. The van der Waals surface area contributed by atoms with Gasteiger partial charge in [-0.05, 0) is 38.0 Å². The number of quaternary nitrogens is 1. The lowest BCUT2D eigenvalue weighted by molar-refractivity contribution is -0.702. The van der Waals surface area contributed by atoms with Crippen molar-refractivity contribution in [2.24, 2.45) is 52.9 Å².